The van der Waals surface area contributed by atoms with Gasteiger partial charge in [-0.15, -0.1) is 0 Å². The summed E-state index contributed by atoms with van der Waals surface area (Å²) in [4.78, 5) is 0. The number of rotatable bonds is 17. The van der Waals surface area contributed by atoms with Crippen LogP contribution in [0.25, 0.3) is 0 Å². The van der Waals surface area contributed by atoms with Gasteiger partial charge in [-0.1, -0.05) is 96.8 Å². The summed E-state index contributed by atoms with van der Waals surface area (Å²) in [6.07, 6.45) is 23.3. The lowest BCUT2D eigenvalue weighted by Gasteiger charge is -2.03. The molecule has 0 saturated heterocycles. The van der Waals surface area contributed by atoms with Crippen LogP contribution in [-0.4, -0.2) is 25.8 Å². The van der Waals surface area contributed by atoms with E-state index in [1.165, 1.54) is 108 Å². The van der Waals surface area contributed by atoms with E-state index < -0.39 is 10.4 Å². The topological polar surface area (TPSA) is 66.4 Å². The number of unbranched alkanes of at least 4 members (excludes halogenated alkanes) is 15. The van der Waals surface area contributed by atoms with Crippen molar-refractivity contribution >= 4 is 23.0 Å². The van der Waals surface area contributed by atoms with Crippen LogP contribution in [0.15, 0.2) is 0 Å². The highest BCUT2D eigenvalue weighted by atomic mass is 32.3. The fourth-order valence-electron chi connectivity index (χ4n) is 2.67. The van der Waals surface area contributed by atoms with Gasteiger partial charge >= 0.3 is 0 Å². The summed E-state index contributed by atoms with van der Waals surface area (Å²) in [6.45, 7) is 2.29. The molecular formula is C19H42O4S2. The van der Waals surface area contributed by atoms with Gasteiger partial charge in [-0.2, -0.15) is 0 Å². The van der Waals surface area contributed by atoms with E-state index in [0.717, 1.165) is 7.11 Å². The summed E-state index contributed by atoms with van der Waals surface area (Å²) in [5.41, 5.74) is 0. The van der Waals surface area contributed by atoms with Crippen LogP contribution >= 0.6 is 0 Å². The first-order valence-electron chi connectivity index (χ1n) is 10.1. The maximum absolute atomic E-state index is 9.22. The Morgan fingerprint density at radius 2 is 0.920 bits per heavy atom. The van der Waals surface area contributed by atoms with Crippen LogP contribution in [0.1, 0.15) is 110 Å². The minimum Gasteiger partial charge on any atom is -0.726 e. The normalized spacial score (nSPS) is 11.2. The molecule has 6 heteroatoms. The summed E-state index contributed by atoms with van der Waals surface area (Å²) in [6, 6.07) is 0. The standard InChI is InChI=1S/C18H38S.CH4O4S/c1-2-3-4-5-6-7-8-9-10-11-12-13-14-15-16-17-18-19;1-5-6(2,3)4/h19H,2-18H2,1H3;1H3,(H,2,3,4). The molecule has 0 heterocycles. The second-order valence-corrected chi connectivity index (χ2v) is 8.28. The van der Waals surface area contributed by atoms with Gasteiger partial charge in [0.2, 0.25) is 10.4 Å². The van der Waals surface area contributed by atoms with E-state index in [4.69, 9.17) is 0 Å². The van der Waals surface area contributed by atoms with Crippen LogP contribution in [0, 0.1) is 0 Å². The molecule has 0 aliphatic heterocycles. The number of hydrogen-bond donors (Lipinski definition) is 0. The van der Waals surface area contributed by atoms with E-state index in [9.17, 15) is 13.0 Å². The third kappa shape index (κ3) is 32.4. The average Bonchev–Trinajstić information content (AvgIpc) is 2.58. The first-order valence-corrected chi connectivity index (χ1v) is 12.2. The van der Waals surface area contributed by atoms with Crippen molar-refractivity contribution in [3.8, 4) is 0 Å². The SMILES string of the molecule is CCCCCCCCCCCCCCCCCC[SH2+].COS(=O)(=O)[O-]. The summed E-state index contributed by atoms with van der Waals surface area (Å²) in [5, 5.41) is 0. The van der Waals surface area contributed by atoms with Crippen LogP contribution in [0.4, 0.5) is 0 Å². The Labute approximate surface area is 162 Å². The summed E-state index contributed by atoms with van der Waals surface area (Å²) in [5.74, 6) is 1.18. The molecule has 0 unspecified atom stereocenters. The zero-order valence-corrected chi connectivity index (χ0v) is 18.4. The third-order valence-corrected chi connectivity index (χ3v) is 5.00. The fourth-order valence-corrected chi connectivity index (χ4v) is 2.92. The molecule has 0 bridgehead atoms. The molecule has 0 atom stereocenters. The molecule has 0 spiro atoms. The minimum absolute atomic E-state index is 0.808. The van der Waals surface area contributed by atoms with E-state index in [-0.39, 0.29) is 0 Å². The minimum atomic E-state index is -4.41. The summed E-state index contributed by atoms with van der Waals surface area (Å²) >= 11 is 3.53. The van der Waals surface area contributed by atoms with Crippen molar-refractivity contribution in [2.75, 3.05) is 12.9 Å². The predicted molar refractivity (Wildman–Crippen MR) is 111 cm³/mol. The fraction of sp³-hybridized carbons (Fsp3) is 1.00. The van der Waals surface area contributed by atoms with Crippen molar-refractivity contribution < 1.29 is 17.2 Å². The van der Waals surface area contributed by atoms with E-state index in [2.05, 4.69) is 23.7 Å². The van der Waals surface area contributed by atoms with Crippen molar-refractivity contribution in [2.24, 2.45) is 0 Å². The smallest absolute Gasteiger partial charge is 0.217 e. The molecule has 154 valence electrons. The highest BCUT2D eigenvalue weighted by molar-refractivity contribution is 7.80. The monoisotopic (exact) mass is 398 g/mol. The van der Waals surface area contributed by atoms with Crippen LogP contribution in [-0.2, 0) is 27.2 Å². The van der Waals surface area contributed by atoms with Gasteiger partial charge in [-0.3, -0.25) is 4.18 Å². The molecule has 0 aromatic heterocycles. The van der Waals surface area contributed by atoms with Crippen LogP contribution in [0.5, 0.6) is 0 Å². The van der Waals surface area contributed by atoms with Gasteiger partial charge in [0, 0.05) is 0 Å². The molecule has 0 rings (SSSR count). The highest BCUT2D eigenvalue weighted by Crippen LogP contribution is 2.13. The van der Waals surface area contributed by atoms with Crippen LogP contribution in [0.3, 0.4) is 0 Å². The van der Waals surface area contributed by atoms with Gasteiger partial charge in [0.05, 0.1) is 7.11 Å². The zero-order chi connectivity index (χ0) is 19.2. The molecule has 0 saturated carbocycles. The Morgan fingerprint density at radius 1 is 0.680 bits per heavy atom. The largest absolute Gasteiger partial charge is 0.726 e. The van der Waals surface area contributed by atoms with Crippen molar-refractivity contribution in [1.82, 2.24) is 0 Å². The molecule has 0 aliphatic rings. The maximum atomic E-state index is 9.22. The second kappa shape index (κ2) is 22.3. The molecule has 0 fully saturated rings. The van der Waals surface area contributed by atoms with Gasteiger partial charge in [0.1, 0.15) is 5.75 Å². The zero-order valence-electron chi connectivity index (χ0n) is 16.6. The number of hydrogen-bond acceptors (Lipinski definition) is 4. The summed E-state index contributed by atoms with van der Waals surface area (Å²) < 4.78 is 31.0. The van der Waals surface area contributed by atoms with Gasteiger partial charge in [-0.05, 0) is 25.5 Å². The molecule has 0 aliphatic carbocycles. The van der Waals surface area contributed by atoms with Crippen molar-refractivity contribution in [2.45, 2.75) is 110 Å². The van der Waals surface area contributed by atoms with Crippen molar-refractivity contribution in [3.63, 3.8) is 0 Å². The molecule has 4 nitrogen and oxygen atoms in total. The second-order valence-electron chi connectivity index (χ2n) is 6.63. The van der Waals surface area contributed by atoms with Gasteiger partial charge in [0.15, 0.2) is 0 Å². The lowest BCUT2D eigenvalue weighted by molar-refractivity contribution is 0.314. The lowest BCUT2D eigenvalue weighted by atomic mass is 10.0. The van der Waals surface area contributed by atoms with E-state index in [0.29, 0.717) is 0 Å². The Balaban J connectivity index is 0. The molecule has 0 amide bonds. The molecule has 0 radical (unpaired) electrons. The van der Waals surface area contributed by atoms with Gasteiger partial charge < -0.3 is 4.55 Å². The first kappa shape index (κ1) is 27.4. The Kier molecular flexibility index (Phi) is 24.4. The predicted octanol–water partition coefficient (Wildman–Crippen LogP) is 5.35. The van der Waals surface area contributed by atoms with Crippen LogP contribution in [0.2, 0.25) is 0 Å². The van der Waals surface area contributed by atoms with Crippen LogP contribution < -0.4 is 0 Å². The van der Waals surface area contributed by atoms with E-state index in [1.807, 2.05) is 0 Å². The first-order chi connectivity index (χ1) is 12.0. The van der Waals surface area contributed by atoms with E-state index in [1.54, 1.807) is 0 Å². The van der Waals surface area contributed by atoms with Crippen molar-refractivity contribution in [1.29, 1.82) is 0 Å². The third-order valence-electron chi connectivity index (χ3n) is 4.23. The molecule has 25 heavy (non-hydrogen) atoms. The maximum Gasteiger partial charge on any atom is 0.217 e. The Bertz CT molecular complexity index is 316. The lowest BCUT2D eigenvalue weighted by Crippen LogP contribution is -1.97. The van der Waals surface area contributed by atoms with Crippen molar-refractivity contribution in [3.05, 3.63) is 0 Å². The van der Waals surface area contributed by atoms with E-state index >= 15 is 0 Å². The average molecular weight is 399 g/mol. The molecule has 0 aromatic carbocycles. The molecule has 0 aromatic rings. The Hall–Kier alpha value is 0.220. The summed E-state index contributed by atoms with van der Waals surface area (Å²) in [7, 11) is -3.60. The molecule has 0 N–H and O–H groups in total. The van der Waals surface area contributed by atoms with Gasteiger partial charge in [0.25, 0.3) is 0 Å². The quantitative estimate of drug-likeness (QED) is 0.143. The van der Waals surface area contributed by atoms with Gasteiger partial charge in [-0.25, -0.2) is 8.42 Å². The highest BCUT2D eigenvalue weighted by Gasteiger charge is 1.94. The Morgan fingerprint density at radius 3 is 1.12 bits per heavy atom. The molecular weight excluding hydrogens is 356 g/mol.